The van der Waals surface area contributed by atoms with E-state index in [4.69, 9.17) is 0 Å². The number of fused-ring (bicyclic) bond motifs is 7. The Morgan fingerprint density at radius 1 is 0.234 bits per heavy atom. The molecule has 0 nitrogen and oxygen atoms in total. The van der Waals surface area contributed by atoms with Gasteiger partial charge in [0, 0.05) is 0 Å². The number of hydrogen-bond acceptors (Lipinski definition) is 0. The summed E-state index contributed by atoms with van der Waals surface area (Å²) in [5, 5.41) is 11.0. The molecule has 0 atom stereocenters. The van der Waals surface area contributed by atoms with Gasteiger partial charge in [0.1, 0.15) is 0 Å². The second kappa shape index (κ2) is 16.6. The van der Waals surface area contributed by atoms with Crippen molar-refractivity contribution in [3.05, 3.63) is 250 Å². The van der Waals surface area contributed by atoms with E-state index in [-0.39, 0.29) is 0 Å². The van der Waals surface area contributed by atoms with Gasteiger partial charge in [-0.05, 0) is 185 Å². The molecule has 4 aliphatic rings. The van der Waals surface area contributed by atoms with E-state index in [9.17, 15) is 0 Å². The lowest BCUT2D eigenvalue weighted by molar-refractivity contribution is 0.743. The van der Waals surface area contributed by atoms with Crippen LogP contribution >= 0.6 is 0 Å². The lowest BCUT2D eigenvalue weighted by Gasteiger charge is -2.25. The molecule has 0 bridgehead atoms. The van der Waals surface area contributed by atoms with Crippen LogP contribution in [-0.4, -0.2) is 0 Å². The normalized spacial score (nSPS) is 15.6. The van der Waals surface area contributed by atoms with Crippen molar-refractivity contribution in [1.82, 2.24) is 0 Å². The van der Waals surface area contributed by atoms with Gasteiger partial charge in [-0.2, -0.15) is 0 Å². The molecule has 0 fully saturated rings. The molecule has 0 amide bonds. The predicted octanol–water partition coefficient (Wildman–Crippen LogP) is 17.1. The maximum atomic E-state index is 2.49. The predicted molar refractivity (Wildman–Crippen MR) is 275 cm³/mol. The monoisotopic (exact) mass is 820 g/mol. The van der Waals surface area contributed by atoms with Crippen LogP contribution in [-0.2, 0) is 19.3 Å². The molecule has 0 spiro atoms. The first kappa shape index (κ1) is 38.6. The third-order valence-electron chi connectivity index (χ3n) is 14.5. The van der Waals surface area contributed by atoms with Crippen LogP contribution in [0.2, 0.25) is 0 Å². The van der Waals surface area contributed by atoms with E-state index >= 15 is 0 Å². The van der Waals surface area contributed by atoms with Gasteiger partial charge < -0.3 is 0 Å². The van der Waals surface area contributed by atoms with Gasteiger partial charge in [-0.1, -0.05) is 194 Å². The van der Waals surface area contributed by atoms with Crippen LogP contribution in [0, 0.1) is 0 Å². The van der Waals surface area contributed by atoms with Gasteiger partial charge in [0.05, 0.1) is 0 Å². The molecule has 9 aromatic carbocycles. The summed E-state index contributed by atoms with van der Waals surface area (Å²) in [4.78, 5) is 0. The summed E-state index contributed by atoms with van der Waals surface area (Å²) in [7, 11) is 0. The zero-order valence-corrected chi connectivity index (χ0v) is 36.5. The smallest absolute Gasteiger partial charge is 0.00235 e. The fourth-order valence-corrected chi connectivity index (χ4v) is 11.7. The Morgan fingerprint density at radius 3 is 0.844 bits per heavy atom. The summed E-state index contributed by atoms with van der Waals surface area (Å²) in [6.07, 6.45) is 21.6. The lowest BCUT2D eigenvalue weighted by atomic mass is 9.78. The van der Waals surface area contributed by atoms with Crippen molar-refractivity contribution in [2.75, 3.05) is 0 Å². The van der Waals surface area contributed by atoms with Crippen molar-refractivity contribution in [3.8, 4) is 0 Å². The third-order valence-corrected chi connectivity index (χ3v) is 14.5. The molecule has 0 saturated heterocycles. The first-order valence-electron chi connectivity index (χ1n) is 23.7. The Morgan fingerprint density at radius 2 is 0.531 bits per heavy atom. The molecule has 0 radical (unpaired) electrons. The third kappa shape index (κ3) is 6.58. The Labute approximate surface area is 377 Å². The standard InChI is InChI=1S/C34H26.C30H26/c1-3-15-25-23(11-1)13-9-21-27(25)33-29-17-5-7-19-31(29)34(32-20-8-6-18-30(32)33)28-22-10-14-24-12-2-4-16-26(24)28;1-2-12-22(13-3-1)29-25-16-6-8-18-27(25)30(28-19-9-7-17-26(28)29)24-20-10-14-21-11-4-5-15-23(21)24/h1-8,11-12,15-22H,9-10,13-14H2;4-9,11-12,15-20H,1-3,10,13-14H2. The molecule has 308 valence electrons. The highest BCUT2D eigenvalue weighted by Gasteiger charge is 2.25. The average Bonchev–Trinajstić information content (AvgIpc) is 3.37. The average molecular weight is 821 g/mol. The summed E-state index contributed by atoms with van der Waals surface area (Å²) < 4.78 is 0. The van der Waals surface area contributed by atoms with E-state index in [1.165, 1.54) is 141 Å². The fourth-order valence-electron chi connectivity index (χ4n) is 11.7. The minimum Gasteiger partial charge on any atom is -0.0807 e. The highest BCUT2D eigenvalue weighted by Crippen LogP contribution is 2.47. The zero-order valence-electron chi connectivity index (χ0n) is 36.5. The van der Waals surface area contributed by atoms with Crippen molar-refractivity contribution >= 4 is 65.4 Å². The van der Waals surface area contributed by atoms with Crippen molar-refractivity contribution in [3.63, 3.8) is 0 Å². The molecule has 0 heteroatoms. The van der Waals surface area contributed by atoms with Crippen molar-refractivity contribution < 1.29 is 0 Å². The highest BCUT2D eigenvalue weighted by molar-refractivity contribution is 6.20. The quantitative estimate of drug-likeness (QED) is 0.155. The second-order valence-electron chi connectivity index (χ2n) is 18.1. The summed E-state index contributed by atoms with van der Waals surface area (Å²) in [6, 6.07) is 63.1. The van der Waals surface area contributed by atoms with Crippen molar-refractivity contribution in [2.24, 2.45) is 0 Å². The van der Waals surface area contributed by atoms with Gasteiger partial charge in [-0.25, -0.2) is 0 Å². The van der Waals surface area contributed by atoms with Crippen LogP contribution in [0.5, 0.6) is 0 Å². The van der Waals surface area contributed by atoms with Crippen LogP contribution in [0.25, 0.3) is 65.4 Å². The molecule has 0 heterocycles. The Balaban J connectivity index is 0.000000136. The fraction of sp³-hybridized carbons (Fsp3) is 0.156. The molecule has 0 aromatic heterocycles. The summed E-state index contributed by atoms with van der Waals surface area (Å²) in [5.74, 6) is 0. The molecule has 0 aliphatic heterocycles. The van der Waals surface area contributed by atoms with Crippen molar-refractivity contribution in [1.29, 1.82) is 0 Å². The summed E-state index contributed by atoms with van der Waals surface area (Å²) in [5.41, 5.74) is 19.9. The first-order chi connectivity index (χ1) is 31.8. The number of allylic oxidation sites excluding steroid dienone is 5. The van der Waals surface area contributed by atoms with Gasteiger partial charge >= 0.3 is 0 Å². The number of benzene rings is 9. The van der Waals surface area contributed by atoms with Gasteiger partial charge in [0.2, 0.25) is 0 Å². The lowest BCUT2D eigenvalue weighted by Crippen LogP contribution is -2.05. The van der Waals surface area contributed by atoms with Gasteiger partial charge in [-0.15, -0.1) is 0 Å². The molecular formula is C64H52. The van der Waals surface area contributed by atoms with Gasteiger partial charge in [-0.3, -0.25) is 0 Å². The van der Waals surface area contributed by atoms with E-state index in [0.29, 0.717) is 0 Å². The molecule has 0 saturated carbocycles. The molecule has 13 rings (SSSR count). The van der Waals surface area contributed by atoms with Crippen LogP contribution in [0.3, 0.4) is 0 Å². The molecule has 4 aliphatic carbocycles. The van der Waals surface area contributed by atoms with Crippen LogP contribution in [0.15, 0.2) is 194 Å². The van der Waals surface area contributed by atoms with Crippen LogP contribution in [0.1, 0.15) is 101 Å². The Kier molecular flexibility index (Phi) is 10.0. The Hall–Kier alpha value is -7.02. The van der Waals surface area contributed by atoms with E-state index in [1.807, 2.05) is 0 Å². The first-order valence-corrected chi connectivity index (χ1v) is 23.7. The molecule has 9 aromatic rings. The van der Waals surface area contributed by atoms with Gasteiger partial charge in [0.25, 0.3) is 0 Å². The maximum Gasteiger partial charge on any atom is -0.00235 e. The SMILES string of the molecule is C1=C(c2c3ccccc3c(C3=CCCc4ccccc43)c3ccccc23)CCCC1.C1=C(c2c3ccccc3c(C3=CCCc4ccccc43)c3ccccc23)c2ccccc2CC1. The number of hydrogen-bond donors (Lipinski definition) is 0. The zero-order chi connectivity index (χ0) is 42.4. The highest BCUT2D eigenvalue weighted by atomic mass is 14.3. The Bertz CT molecular complexity index is 3200. The second-order valence-corrected chi connectivity index (χ2v) is 18.1. The number of rotatable bonds is 4. The van der Waals surface area contributed by atoms with E-state index in [0.717, 1.165) is 38.5 Å². The molecular weight excluding hydrogens is 769 g/mol. The van der Waals surface area contributed by atoms with Crippen molar-refractivity contribution in [2.45, 2.75) is 64.2 Å². The van der Waals surface area contributed by atoms with Crippen LogP contribution in [0.4, 0.5) is 0 Å². The van der Waals surface area contributed by atoms with E-state index in [2.05, 4.69) is 194 Å². The molecule has 64 heavy (non-hydrogen) atoms. The largest absolute Gasteiger partial charge is 0.0807 e. The minimum atomic E-state index is 1.09. The van der Waals surface area contributed by atoms with E-state index < -0.39 is 0 Å². The summed E-state index contributed by atoms with van der Waals surface area (Å²) >= 11 is 0. The minimum absolute atomic E-state index is 1.09. The maximum absolute atomic E-state index is 2.49. The van der Waals surface area contributed by atoms with E-state index in [1.54, 1.807) is 5.57 Å². The van der Waals surface area contributed by atoms with Gasteiger partial charge in [0.15, 0.2) is 0 Å². The summed E-state index contributed by atoms with van der Waals surface area (Å²) in [6.45, 7) is 0. The topological polar surface area (TPSA) is 0 Å². The molecule has 0 N–H and O–H groups in total. The number of aryl methyl sites for hydroxylation is 3. The van der Waals surface area contributed by atoms with Crippen LogP contribution < -0.4 is 0 Å². The molecule has 0 unspecified atom stereocenters.